The summed E-state index contributed by atoms with van der Waals surface area (Å²) in [7, 11) is 0. The van der Waals surface area contributed by atoms with E-state index >= 15 is 0 Å². The first-order chi connectivity index (χ1) is 7.20. The first-order valence-corrected chi connectivity index (χ1v) is 4.97. The minimum Gasteiger partial charge on any atom is -0.382 e. The van der Waals surface area contributed by atoms with Gasteiger partial charge < -0.3 is 5.73 Å². The largest absolute Gasteiger partial charge is 0.382 e. The normalized spacial score (nSPS) is 10.3. The Bertz CT molecular complexity index is 500. The molecule has 0 amide bonds. The van der Waals surface area contributed by atoms with Crippen LogP contribution in [0.5, 0.6) is 0 Å². The maximum atomic E-state index is 6.06. The molecule has 2 rings (SSSR count). The van der Waals surface area contributed by atoms with Gasteiger partial charge in [0.15, 0.2) is 5.82 Å². The van der Waals surface area contributed by atoms with Crippen molar-refractivity contribution >= 4 is 29.0 Å². The van der Waals surface area contributed by atoms with Crippen LogP contribution in [0.25, 0.3) is 11.1 Å². The lowest BCUT2D eigenvalue weighted by Gasteiger charge is -2.06. The number of hydrogen-bond donors (Lipinski definition) is 1. The van der Waals surface area contributed by atoms with Gasteiger partial charge in [-0.2, -0.15) is 5.10 Å². The highest BCUT2D eigenvalue weighted by Crippen LogP contribution is 2.34. The third-order valence-corrected chi connectivity index (χ3v) is 2.81. The van der Waals surface area contributed by atoms with Crippen LogP contribution < -0.4 is 5.73 Å². The molecule has 3 nitrogen and oxygen atoms in total. The number of nitrogens with zero attached hydrogens (tertiary/aromatic N) is 2. The monoisotopic (exact) mass is 239 g/mol. The van der Waals surface area contributed by atoms with Gasteiger partial charge in [-0.1, -0.05) is 35.3 Å². The Labute approximate surface area is 96.8 Å². The standard InChI is InChI=1S/C10H7Cl2N3/c11-8-3-1-2-6(9(8)12)7-4-5-14-15-10(7)13/h1-5H,(H2,13,15). The van der Waals surface area contributed by atoms with Crippen LogP contribution in [0.4, 0.5) is 5.82 Å². The lowest BCUT2D eigenvalue weighted by atomic mass is 10.1. The topological polar surface area (TPSA) is 51.8 Å². The molecule has 5 heteroatoms. The summed E-state index contributed by atoms with van der Waals surface area (Å²) in [6.45, 7) is 0. The minimum absolute atomic E-state index is 0.335. The molecule has 0 atom stereocenters. The second kappa shape index (κ2) is 4.04. The van der Waals surface area contributed by atoms with E-state index in [0.717, 1.165) is 11.1 Å². The molecule has 0 aliphatic heterocycles. The molecule has 1 aromatic carbocycles. The van der Waals surface area contributed by atoms with Gasteiger partial charge in [-0.15, -0.1) is 5.10 Å². The average Bonchev–Trinajstić information content (AvgIpc) is 2.23. The fourth-order valence-electron chi connectivity index (χ4n) is 1.28. The van der Waals surface area contributed by atoms with E-state index in [0.29, 0.717) is 15.9 Å². The highest BCUT2D eigenvalue weighted by Gasteiger charge is 2.09. The van der Waals surface area contributed by atoms with Gasteiger partial charge in [0, 0.05) is 11.1 Å². The van der Waals surface area contributed by atoms with Crippen LogP contribution in [0.15, 0.2) is 30.5 Å². The number of benzene rings is 1. The highest BCUT2D eigenvalue weighted by molar-refractivity contribution is 6.43. The van der Waals surface area contributed by atoms with E-state index in [1.807, 2.05) is 12.1 Å². The number of hydrogen-bond acceptors (Lipinski definition) is 3. The van der Waals surface area contributed by atoms with Crippen LogP contribution in [0, 0.1) is 0 Å². The minimum atomic E-state index is 0.335. The molecule has 1 heterocycles. The predicted molar refractivity (Wildman–Crippen MR) is 61.9 cm³/mol. The Balaban J connectivity index is 2.65. The van der Waals surface area contributed by atoms with Gasteiger partial charge in [0.25, 0.3) is 0 Å². The highest BCUT2D eigenvalue weighted by atomic mass is 35.5. The molecule has 2 aromatic rings. The maximum Gasteiger partial charge on any atom is 0.154 e. The molecular weight excluding hydrogens is 233 g/mol. The average molecular weight is 240 g/mol. The zero-order valence-corrected chi connectivity index (χ0v) is 9.13. The van der Waals surface area contributed by atoms with E-state index in [9.17, 15) is 0 Å². The van der Waals surface area contributed by atoms with E-state index in [-0.39, 0.29) is 0 Å². The van der Waals surface area contributed by atoms with Gasteiger partial charge in [-0.3, -0.25) is 0 Å². The molecule has 0 bridgehead atoms. The summed E-state index contributed by atoms with van der Waals surface area (Å²) in [4.78, 5) is 0. The fraction of sp³-hybridized carbons (Fsp3) is 0. The van der Waals surface area contributed by atoms with Crippen molar-refractivity contribution in [1.82, 2.24) is 10.2 Å². The quantitative estimate of drug-likeness (QED) is 0.833. The van der Waals surface area contributed by atoms with Crippen molar-refractivity contribution in [3.63, 3.8) is 0 Å². The first-order valence-electron chi connectivity index (χ1n) is 4.21. The Morgan fingerprint density at radius 1 is 1.07 bits per heavy atom. The third kappa shape index (κ3) is 1.89. The Morgan fingerprint density at radius 3 is 2.60 bits per heavy atom. The second-order valence-corrected chi connectivity index (χ2v) is 3.72. The summed E-state index contributed by atoms with van der Waals surface area (Å²) in [5.74, 6) is 0.335. The van der Waals surface area contributed by atoms with Crippen LogP contribution >= 0.6 is 23.2 Å². The maximum absolute atomic E-state index is 6.06. The summed E-state index contributed by atoms with van der Waals surface area (Å²) in [5.41, 5.74) is 7.19. The van der Waals surface area contributed by atoms with Gasteiger partial charge in [0.2, 0.25) is 0 Å². The number of nitrogens with two attached hydrogens (primary N) is 1. The van der Waals surface area contributed by atoms with E-state index in [4.69, 9.17) is 28.9 Å². The Kier molecular flexibility index (Phi) is 2.75. The summed E-state index contributed by atoms with van der Waals surface area (Å²) < 4.78 is 0. The molecule has 15 heavy (non-hydrogen) atoms. The van der Waals surface area contributed by atoms with Crippen LogP contribution in [0.2, 0.25) is 10.0 Å². The molecule has 2 N–H and O–H groups in total. The SMILES string of the molecule is Nc1nnccc1-c1cccc(Cl)c1Cl. The molecule has 76 valence electrons. The Hall–Kier alpha value is -1.32. The number of rotatable bonds is 1. The summed E-state index contributed by atoms with van der Waals surface area (Å²) >= 11 is 12.0. The van der Waals surface area contributed by atoms with Crippen molar-refractivity contribution in [3.05, 3.63) is 40.5 Å². The van der Waals surface area contributed by atoms with Crippen molar-refractivity contribution in [2.24, 2.45) is 0 Å². The molecule has 0 saturated carbocycles. The second-order valence-electron chi connectivity index (χ2n) is 2.93. The van der Waals surface area contributed by atoms with Gasteiger partial charge in [-0.25, -0.2) is 0 Å². The van der Waals surface area contributed by atoms with Gasteiger partial charge >= 0.3 is 0 Å². The van der Waals surface area contributed by atoms with Crippen molar-refractivity contribution in [2.75, 3.05) is 5.73 Å². The zero-order valence-electron chi connectivity index (χ0n) is 7.61. The summed E-state index contributed by atoms with van der Waals surface area (Å²) in [5, 5.41) is 8.39. The van der Waals surface area contributed by atoms with Crippen LogP contribution in [0.1, 0.15) is 0 Å². The molecule has 0 saturated heterocycles. The lowest BCUT2D eigenvalue weighted by Crippen LogP contribution is -1.95. The van der Waals surface area contributed by atoms with Crippen LogP contribution in [0.3, 0.4) is 0 Å². The molecule has 0 aliphatic rings. The third-order valence-electron chi connectivity index (χ3n) is 1.99. The van der Waals surface area contributed by atoms with Crippen molar-refractivity contribution in [3.8, 4) is 11.1 Å². The van der Waals surface area contributed by atoms with Crippen molar-refractivity contribution in [1.29, 1.82) is 0 Å². The number of halogens is 2. The van der Waals surface area contributed by atoms with Crippen molar-refractivity contribution in [2.45, 2.75) is 0 Å². The van der Waals surface area contributed by atoms with E-state index < -0.39 is 0 Å². The van der Waals surface area contributed by atoms with Crippen LogP contribution in [-0.2, 0) is 0 Å². The smallest absolute Gasteiger partial charge is 0.154 e. The van der Waals surface area contributed by atoms with Gasteiger partial charge in [0.1, 0.15) is 0 Å². The first kappa shape index (κ1) is 10.2. The van der Waals surface area contributed by atoms with Crippen molar-refractivity contribution < 1.29 is 0 Å². The molecule has 0 spiro atoms. The van der Waals surface area contributed by atoms with Crippen LogP contribution in [-0.4, -0.2) is 10.2 Å². The molecule has 1 aromatic heterocycles. The molecule has 0 fully saturated rings. The number of aromatic nitrogens is 2. The predicted octanol–water partition coefficient (Wildman–Crippen LogP) is 3.03. The molecule has 0 radical (unpaired) electrons. The summed E-state index contributed by atoms with van der Waals surface area (Å²) in [6.07, 6.45) is 1.56. The lowest BCUT2D eigenvalue weighted by molar-refractivity contribution is 1.04. The summed E-state index contributed by atoms with van der Waals surface area (Å²) in [6, 6.07) is 7.11. The number of anilines is 1. The fourth-order valence-corrected chi connectivity index (χ4v) is 1.68. The molecule has 0 aliphatic carbocycles. The Morgan fingerprint density at radius 2 is 1.87 bits per heavy atom. The number of nitrogen functional groups attached to an aromatic ring is 1. The van der Waals surface area contributed by atoms with E-state index in [1.165, 1.54) is 0 Å². The van der Waals surface area contributed by atoms with E-state index in [2.05, 4.69) is 10.2 Å². The molecule has 0 unspecified atom stereocenters. The molecular formula is C10H7Cl2N3. The zero-order chi connectivity index (χ0) is 10.8. The van der Waals surface area contributed by atoms with Gasteiger partial charge in [-0.05, 0) is 12.1 Å². The van der Waals surface area contributed by atoms with Gasteiger partial charge in [0.05, 0.1) is 16.2 Å². The van der Waals surface area contributed by atoms with E-state index in [1.54, 1.807) is 18.3 Å².